The first-order valence-electron chi connectivity index (χ1n) is 7.52. The minimum absolute atomic E-state index is 0.187. The van der Waals surface area contributed by atoms with Crippen LogP contribution in [-0.4, -0.2) is 11.8 Å². The molecule has 2 amide bonds. The van der Waals surface area contributed by atoms with E-state index in [1.165, 1.54) is 5.56 Å². The van der Waals surface area contributed by atoms with Crippen LogP contribution in [0.25, 0.3) is 11.0 Å². The number of carbonyl (C=O) groups is 2. The molecule has 2 aromatic rings. The molecule has 4 heteroatoms. The van der Waals surface area contributed by atoms with Gasteiger partial charge in [-0.15, -0.1) is 0 Å². The molecule has 1 N–H and O–H groups in total. The summed E-state index contributed by atoms with van der Waals surface area (Å²) < 4.78 is 5.57. The van der Waals surface area contributed by atoms with Crippen molar-refractivity contribution in [1.82, 2.24) is 5.32 Å². The van der Waals surface area contributed by atoms with Gasteiger partial charge in [0.15, 0.2) is 0 Å². The smallest absolute Gasteiger partial charge is 0.234 e. The summed E-state index contributed by atoms with van der Waals surface area (Å²) in [4.78, 5) is 23.3. The van der Waals surface area contributed by atoms with E-state index in [-0.39, 0.29) is 17.7 Å². The second kappa shape index (κ2) is 5.72. The molecule has 0 bridgehead atoms. The second-order valence-corrected chi connectivity index (χ2v) is 5.63. The number of piperidine rings is 1. The first-order valence-corrected chi connectivity index (χ1v) is 7.52. The molecular formula is C17H19NO3. The van der Waals surface area contributed by atoms with Crippen LogP contribution in [0.15, 0.2) is 28.9 Å². The zero-order chi connectivity index (χ0) is 14.8. The van der Waals surface area contributed by atoms with E-state index in [1.54, 1.807) is 6.26 Å². The third-order valence-corrected chi connectivity index (χ3v) is 4.10. The minimum Gasteiger partial charge on any atom is -0.464 e. The average molecular weight is 285 g/mol. The summed E-state index contributed by atoms with van der Waals surface area (Å²) in [5.41, 5.74) is 2.96. The third kappa shape index (κ3) is 2.71. The maximum atomic E-state index is 12.0. The van der Waals surface area contributed by atoms with Crippen molar-refractivity contribution in [3.63, 3.8) is 0 Å². The van der Waals surface area contributed by atoms with Crippen molar-refractivity contribution in [2.24, 2.45) is 0 Å². The fraction of sp³-hybridized carbons (Fsp3) is 0.412. The van der Waals surface area contributed by atoms with Crippen LogP contribution in [0, 0.1) is 0 Å². The third-order valence-electron chi connectivity index (χ3n) is 4.10. The Morgan fingerprint density at radius 3 is 2.95 bits per heavy atom. The number of hydrogen-bond acceptors (Lipinski definition) is 3. The van der Waals surface area contributed by atoms with Gasteiger partial charge < -0.3 is 4.42 Å². The fourth-order valence-electron chi connectivity index (χ4n) is 2.89. The Hall–Kier alpha value is -2.10. The number of nitrogens with one attached hydrogen (secondary N) is 1. The van der Waals surface area contributed by atoms with Crippen LogP contribution >= 0.6 is 0 Å². The Morgan fingerprint density at radius 2 is 2.19 bits per heavy atom. The molecule has 0 aliphatic carbocycles. The summed E-state index contributed by atoms with van der Waals surface area (Å²) in [5.74, 6) is -0.689. The van der Waals surface area contributed by atoms with Crippen LogP contribution in [0.1, 0.15) is 49.7 Å². The highest BCUT2D eigenvalue weighted by molar-refractivity contribution is 6.02. The van der Waals surface area contributed by atoms with Gasteiger partial charge in [0.1, 0.15) is 5.58 Å². The van der Waals surface area contributed by atoms with Gasteiger partial charge in [-0.1, -0.05) is 19.4 Å². The van der Waals surface area contributed by atoms with Crippen molar-refractivity contribution in [1.29, 1.82) is 0 Å². The molecule has 2 heterocycles. The van der Waals surface area contributed by atoms with Crippen LogP contribution in [0.4, 0.5) is 0 Å². The Labute approximate surface area is 123 Å². The average Bonchev–Trinajstić information content (AvgIpc) is 2.88. The highest BCUT2D eigenvalue weighted by Crippen LogP contribution is 2.33. The van der Waals surface area contributed by atoms with Crippen molar-refractivity contribution >= 4 is 22.8 Å². The number of benzene rings is 1. The van der Waals surface area contributed by atoms with E-state index < -0.39 is 0 Å². The first kappa shape index (κ1) is 13.9. The number of furan rings is 1. The van der Waals surface area contributed by atoms with E-state index in [4.69, 9.17) is 4.42 Å². The number of hydrogen-bond donors (Lipinski definition) is 1. The van der Waals surface area contributed by atoms with Crippen molar-refractivity contribution < 1.29 is 14.0 Å². The van der Waals surface area contributed by atoms with Crippen LogP contribution < -0.4 is 5.32 Å². The number of unbranched alkanes of at least 4 members (excludes halogenated alkanes) is 1. The summed E-state index contributed by atoms with van der Waals surface area (Å²) in [6.07, 6.45) is 5.94. The van der Waals surface area contributed by atoms with E-state index in [2.05, 4.69) is 24.4 Å². The van der Waals surface area contributed by atoms with Crippen LogP contribution in [-0.2, 0) is 16.0 Å². The molecule has 1 aliphatic rings. The van der Waals surface area contributed by atoms with Crippen LogP contribution in [0.5, 0.6) is 0 Å². The Balaban J connectivity index is 1.94. The zero-order valence-corrected chi connectivity index (χ0v) is 12.1. The van der Waals surface area contributed by atoms with Gasteiger partial charge in [-0.25, -0.2) is 0 Å². The predicted octanol–water partition coefficient (Wildman–Crippen LogP) is 3.30. The zero-order valence-electron chi connectivity index (χ0n) is 12.1. The Morgan fingerprint density at radius 1 is 1.33 bits per heavy atom. The lowest BCUT2D eigenvalue weighted by Crippen LogP contribution is -2.39. The van der Waals surface area contributed by atoms with Gasteiger partial charge >= 0.3 is 0 Å². The van der Waals surface area contributed by atoms with Gasteiger partial charge in [0.05, 0.1) is 12.2 Å². The van der Waals surface area contributed by atoms with E-state index >= 15 is 0 Å². The normalized spacial score (nSPS) is 19.0. The van der Waals surface area contributed by atoms with E-state index in [0.29, 0.717) is 12.8 Å². The summed E-state index contributed by atoms with van der Waals surface area (Å²) in [6.45, 7) is 2.17. The molecule has 1 aliphatic heterocycles. The molecule has 0 radical (unpaired) electrons. The number of imide groups is 1. The van der Waals surface area contributed by atoms with Crippen LogP contribution in [0.3, 0.4) is 0 Å². The molecule has 21 heavy (non-hydrogen) atoms. The van der Waals surface area contributed by atoms with Crippen molar-refractivity contribution in [3.8, 4) is 0 Å². The second-order valence-electron chi connectivity index (χ2n) is 5.63. The van der Waals surface area contributed by atoms with Gasteiger partial charge in [-0.2, -0.15) is 0 Å². The van der Waals surface area contributed by atoms with Crippen LogP contribution in [0.2, 0.25) is 0 Å². The largest absolute Gasteiger partial charge is 0.464 e. The molecule has 1 aromatic heterocycles. The number of aryl methyl sites for hydroxylation is 1. The Bertz CT molecular complexity index is 686. The lowest BCUT2D eigenvalue weighted by atomic mass is 9.90. The van der Waals surface area contributed by atoms with E-state index in [0.717, 1.165) is 35.8 Å². The SMILES string of the molecule is CCCCc1ccc2occ(C3CCC(=O)NC3=O)c2c1. The van der Waals surface area contributed by atoms with Gasteiger partial charge in [0.2, 0.25) is 11.8 Å². The highest BCUT2D eigenvalue weighted by atomic mass is 16.3. The molecule has 1 aromatic carbocycles. The lowest BCUT2D eigenvalue weighted by Gasteiger charge is -2.19. The number of amides is 2. The van der Waals surface area contributed by atoms with Gasteiger partial charge in [0.25, 0.3) is 0 Å². The summed E-state index contributed by atoms with van der Waals surface area (Å²) in [7, 11) is 0. The van der Waals surface area contributed by atoms with Gasteiger partial charge in [0, 0.05) is 17.4 Å². The number of carbonyl (C=O) groups excluding carboxylic acids is 2. The van der Waals surface area contributed by atoms with E-state index in [9.17, 15) is 9.59 Å². The molecule has 110 valence electrons. The topological polar surface area (TPSA) is 59.3 Å². The molecule has 4 nitrogen and oxygen atoms in total. The molecular weight excluding hydrogens is 266 g/mol. The molecule has 3 rings (SSSR count). The lowest BCUT2D eigenvalue weighted by molar-refractivity contribution is -0.134. The molecule has 1 saturated heterocycles. The molecule has 1 atom stereocenters. The number of fused-ring (bicyclic) bond motifs is 1. The fourth-order valence-corrected chi connectivity index (χ4v) is 2.89. The standard InChI is InChI=1S/C17H19NO3/c1-2-3-4-11-5-7-15-13(9-11)14(10-21-15)12-6-8-16(19)18-17(12)20/h5,7,9-10,12H,2-4,6,8H2,1H3,(H,18,19,20). The first-order chi connectivity index (χ1) is 10.2. The van der Waals surface area contributed by atoms with Crippen molar-refractivity contribution in [3.05, 3.63) is 35.6 Å². The molecule has 0 spiro atoms. The monoisotopic (exact) mass is 285 g/mol. The highest BCUT2D eigenvalue weighted by Gasteiger charge is 2.30. The number of rotatable bonds is 4. The minimum atomic E-state index is -0.287. The molecule has 1 unspecified atom stereocenters. The van der Waals surface area contributed by atoms with Crippen molar-refractivity contribution in [2.75, 3.05) is 0 Å². The molecule has 0 saturated carbocycles. The maximum absolute atomic E-state index is 12.0. The van der Waals surface area contributed by atoms with Crippen molar-refractivity contribution in [2.45, 2.75) is 44.9 Å². The molecule has 1 fully saturated rings. The quantitative estimate of drug-likeness (QED) is 0.877. The summed E-state index contributed by atoms with van der Waals surface area (Å²) in [6, 6.07) is 6.17. The summed E-state index contributed by atoms with van der Waals surface area (Å²) >= 11 is 0. The Kier molecular flexibility index (Phi) is 3.78. The maximum Gasteiger partial charge on any atom is 0.234 e. The summed E-state index contributed by atoms with van der Waals surface area (Å²) in [5, 5.41) is 3.41. The predicted molar refractivity (Wildman–Crippen MR) is 80.0 cm³/mol. The van der Waals surface area contributed by atoms with E-state index in [1.807, 2.05) is 6.07 Å². The van der Waals surface area contributed by atoms with Gasteiger partial charge in [-0.3, -0.25) is 14.9 Å². The van der Waals surface area contributed by atoms with Gasteiger partial charge in [-0.05, 0) is 37.0 Å².